The largest absolute Gasteiger partial charge is 0.361 e. The summed E-state index contributed by atoms with van der Waals surface area (Å²) in [6.45, 7) is 0. The molecule has 0 radical (unpaired) electrons. The predicted octanol–water partition coefficient (Wildman–Crippen LogP) is 2.65. The fraction of sp³-hybridized carbons (Fsp3) is 0.0625. The molecule has 0 aliphatic rings. The van der Waals surface area contributed by atoms with Gasteiger partial charge in [-0.15, -0.1) is 0 Å². The summed E-state index contributed by atoms with van der Waals surface area (Å²) in [5.41, 5.74) is 1.59. The molecule has 0 aliphatic heterocycles. The molecule has 0 fully saturated rings. The summed E-state index contributed by atoms with van der Waals surface area (Å²) < 4.78 is 23.5. The van der Waals surface area contributed by atoms with Crippen LogP contribution in [0, 0.1) is 0 Å². The van der Waals surface area contributed by atoms with Gasteiger partial charge in [-0.2, -0.15) is 0 Å². The molecule has 8 heteroatoms. The molecule has 3 aromatic rings. The summed E-state index contributed by atoms with van der Waals surface area (Å²) in [6.07, 6.45) is 1.68. The van der Waals surface area contributed by atoms with Gasteiger partial charge in [-0.25, -0.2) is 13.6 Å². The normalized spacial score (nSPS) is 11.6. The van der Waals surface area contributed by atoms with Crippen LogP contribution in [0.2, 0.25) is 5.02 Å². The lowest BCUT2D eigenvalue weighted by molar-refractivity contribution is -0.115. The van der Waals surface area contributed by atoms with E-state index in [1.165, 1.54) is 6.07 Å². The molecule has 24 heavy (non-hydrogen) atoms. The Labute approximate surface area is 143 Å². The van der Waals surface area contributed by atoms with Gasteiger partial charge in [0.05, 0.1) is 11.3 Å². The molecule has 2 aromatic carbocycles. The van der Waals surface area contributed by atoms with Gasteiger partial charge in [0.2, 0.25) is 15.9 Å². The lowest BCUT2D eigenvalue weighted by atomic mass is 10.1. The number of rotatable bonds is 4. The number of aromatic amines is 1. The molecule has 0 saturated heterocycles. The van der Waals surface area contributed by atoms with Gasteiger partial charge in [0.25, 0.3) is 0 Å². The Balaban J connectivity index is 1.90. The molecule has 0 aliphatic carbocycles. The highest BCUT2D eigenvalue weighted by molar-refractivity contribution is 7.89. The van der Waals surface area contributed by atoms with Crippen molar-refractivity contribution < 1.29 is 13.2 Å². The summed E-state index contributed by atoms with van der Waals surface area (Å²) >= 11 is 6.04. The van der Waals surface area contributed by atoms with Crippen LogP contribution in [0.3, 0.4) is 0 Å². The molecule has 4 N–H and O–H groups in total. The Kier molecular flexibility index (Phi) is 4.31. The fourth-order valence-electron chi connectivity index (χ4n) is 2.46. The van der Waals surface area contributed by atoms with Crippen LogP contribution in [0.4, 0.5) is 5.69 Å². The maximum atomic E-state index is 12.2. The molecule has 124 valence electrons. The van der Waals surface area contributed by atoms with Crippen LogP contribution < -0.4 is 10.5 Å². The van der Waals surface area contributed by atoms with Crippen LogP contribution in [0.25, 0.3) is 10.9 Å². The zero-order valence-corrected chi connectivity index (χ0v) is 14.0. The number of benzene rings is 2. The Bertz CT molecular complexity index is 1030. The van der Waals surface area contributed by atoms with Crippen LogP contribution in [-0.2, 0) is 21.2 Å². The average Bonchev–Trinajstić information content (AvgIpc) is 2.96. The lowest BCUT2D eigenvalue weighted by Crippen LogP contribution is -2.16. The zero-order chi connectivity index (χ0) is 17.3. The first-order chi connectivity index (χ1) is 11.3. The van der Waals surface area contributed by atoms with Crippen molar-refractivity contribution in [3.05, 3.63) is 59.2 Å². The third-order valence-corrected chi connectivity index (χ3v) is 4.85. The van der Waals surface area contributed by atoms with Crippen molar-refractivity contribution in [2.24, 2.45) is 5.14 Å². The van der Waals surface area contributed by atoms with E-state index in [1.807, 2.05) is 0 Å². The first-order valence-electron chi connectivity index (χ1n) is 7.02. The molecule has 0 bridgehead atoms. The maximum Gasteiger partial charge on any atom is 0.238 e. The van der Waals surface area contributed by atoms with Gasteiger partial charge in [-0.3, -0.25) is 4.79 Å². The van der Waals surface area contributed by atoms with Crippen LogP contribution in [-0.4, -0.2) is 19.3 Å². The van der Waals surface area contributed by atoms with E-state index in [9.17, 15) is 13.2 Å². The molecule has 0 atom stereocenters. The second-order valence-corrected chi connectivity index (χ2v) is 7.21. The second-order valence-electron chi connectivity index (χ2n) is 5.27. The van der Waals surface area contributed by atoms with Crippen LogP contribution in [0.5, 0.6) is 0 Å². The van der Waals surface area contributed by atoms with Gasteiger partial charge in [-0.05, 0) is 29.8 Å². The highest BCUT2D eigenvalue weighted by atomic mass is 35.5. The number of carbonyl (C=O) groups excluding carboxylic acids is 1. The number of aromatic nitrogens is 1. The van der Waals surface area contributed by atoms with Gasteiger partial charge in [0, 0.05) is 27.8 Å². The smallest absolute Gasteiger partial charge is 0.238 e. The van der Waals surface area contributed by atoms with Crippen molar-refractivity contribution in [3.8, 4) is 0 Å². The summed E-state index contributed by atoms with van der Waals surface area (Å²) in [6, 6.07) is 11.6. The number of nitrogens with two attached hydrogens (primary N) is 1. The summed E-state index contributed by atoms with van der Waals surface area (Å²) in [5.74, 6) is -0.311. The summed E-state index contributed by atoms with van der Waals surface area (Å²) in [4.78, 5) is 15.1. The Hall–Kier alpha value is -2.35. The highest BCUT2D eigenvalue weighted by Gasteiger charge is 2.16. The molecule has 3 rings (SSSR count). The number of primary sulfonamides is 1. The number of nitrogens with one attached hydrogen (secondary N) is 2. The topological polar surface area (TPSA) is 105 Å². The van der Waals surface area contributed by atoms with E-state index >= 15 is 0 Å². The number of hydrogen-bond acceptors (Lipinski definition) is 3. The van der Waals surface area contributed by atoms with E-state index in [1.54, 1.807) is 42.6 Å². The zero-order valence-electron chi connectivity index (χ0n) is 12.4. The minimum atomic E-state index is -3.92. The predicted molar refractivity (Wildman–Crippen MR) is 93.5 cm³/mol. The fourth-order valence-corrected chi connectivity index (χ4v) is 3.44. The van der Waals surface area contributed by atoms with E-state index in [0.29, 0.717) is 27.2 Å². The molecular formula is C16H14ClN3O3S. The number of hydrogen-bond donors (Lipinski definition) is 3. The quantitative estimate of drug-likeness (QED) is 0.663. The lowest BCUT2D eigenvalue weighted by Gasteiger charge is -2.09. The molecule has 0 spiro atoms. The van der Waals surface area contributed by atoms with Crippen molar-refractivity contribution in [1.29, 1.82) is 0 Å². The van der Waals surface area contributed by atoms with E-state index in [4.69, 9.17) is 16.7 Å². The van der Waals surface area contributed by atoms with Crippen molar-refractivity contribution in [3.63, 3.8) is 0 Å². The van der Waals surface area contributed by atoms with E-state index < -0.39 is 10.0 Å². The molecular weight excluding hydrogens is 350 g/mol. The minimum absolute atomic E-state index is 0.0470. The summed E-state index contributed by atoms with van der Waals surface area (Å²) in [5, 5.41) is 8.90. The van der Waals surface area contributed by atoms with Gasteiger partial charge >= 0.3 is 0 Å². The number of H-pyrrole nitrogens is 1. The minimum Gasteiger partial charge on any atom is -0.361 e. The third kappa shape index (κ3) is 3.43. The maximum absolute atomic E-state index is 12.2. The number of fused-ring (bicyclic) bond motifs is 1. The van der Waals surface area contributed by atoms with Gasteiger partial charge < -0.3 is 10.3 Å². The SMILES string of the molecule is NS(=O)(=O)c1cc(NC(=O)Cc2ccccc2Cl)cc2[nH]ccc12. The highest BCUT2D eigenvalue weighted by Crippen LogP contribution is 2.26. The number of sulfonamides is 1. The van der Waals surface area contributed by atoms with E-state index in [-0.39, 0.29) is 17.2 Å². The van der Waals surface area contributed by atoms with Gasteiger partial charge in [-0.1, -0.05) is 29.8 Å². The molecule has 1 heterocycles. The van der Waals surface area contributed by atoms with E-state index in [0.717, 1.165) is 0 Å². The van der Waals surface area contributed by atoms with Crippen LogP contribution >= 0.6 is 11.6 Å². The Morgan fingerprint density at radius 3 is 2.67 bits per heavy atom. The first-order valence-corrected chi connectivity index (χ1v) is 8.94. The van der Waals surface area contributed by atoms with Crippen LogP contribution in [0.15, 0.2) is 53.6 Å². The molecule has 1 aromatic heterocycles. The number of anilines is 1. The number of carbonyl (C=O) groups is 1. The van der Waals surface area contributed by atoms with Crippen molar-refractivity contribution in [2.75, 3.05) is 5.32 Å². The van der Waals surface area contributed by atoms with Crippen molar-refractivity contribution in [2.45, 2.75) is 11.3 Å². The third-order valence-electron chi connectivity index (χ3n) is 3.53. The summed E-state index contributed by atoms with van der Waals surface area (Å²) in [7, 11) is -3.92. The van der Waals surface area contributed by atoms with E-state index in [2.05, 4.69) is 10.3 Å². The molecule has 0 unspecified atom stereocenters. The average molecular weight is 364 g/mol. The monoisotopic (exact) mass is 363 g/mol. The molecule has 1 amide bonds. The first kappa shape index (κ1) is 16.5. The van der Waals surface area contributed by atoms with Gasteiger partial charge in [0.1, 0.15) is 0 Å². The standard InChI is InChI=1S/C16H14ClN3O3S/c17-13-4-2-1-3-10(13)7-16(21)20-11-8-14-12(5-6-19-14)15(9-11)24(18,22)23/h1-6,8-9,19H,7H2,(H,20,21)(H2,18,22,23). The number of halogens is 1. The Morgan fingerprint density at radius 1 is 1.21 bits per heavy atom. The molecule has 0 saturated carbocycles. The molecule has 6 nitrogen and oxygen atoms in total. The Morgan fingerprint density at radius 2 is 1.96 bits per heavy atom. The number of amides is 1. The second kappa shape index (κ2) is 6.27. The van der Waals surface area contributed by atoms with Crippen molar-refractivity contribution >= 4 is 44.1 Å². The van der Waals surface area contributed by atoms with Crippen molar-refractivity contribution in [1.82, 2.24) is 4.98 Å². The van der Waals surface area contributed by atoms with Gasteiger partial charge in [0.15, 0.2) is 0 Å². The van der Waals surface area contributed by atoms with Crippen LogP contribution in [0.1, 0.15) is 5.56 Å².